The van der Waals surface area contributed by atoms with Gasteiger partial charge in [-0.2, -0.15) is 0 Å². The number of fused-ring (bicyclic) bond motifs is 2. The average molecular weight is 355 g/mol. The summed E-state index contributed by atoms with van der Waals surface area (Å²) in [5.41, 5.74) is 0.499. The fraction of sp³-hybridized carbons (Fsp3) is 0.562. The molecule has 21 heavy (non-hydrogen) atoms. The van der Waals surface area contributed by atoms with Crippen LogP contribution in [0.25, 0.3) is 0 Å². The SMILES string of the molecule is CN1C2CCC1CC(CNC(=O)c1ccc(F)c(Br)c1)C2. The lowest BCUT2D eigenvalue weighted by molar-refractivity contribution is 0.0917. The molecule has 3 nitrogen and oxygen atoms in total. The summed E-state index contributed by atoms with van der Waals surface area (Å²) in [6, 6.07) is 5.74. The summed E-state index contributed by atoms with van der Waals surface area (Å²) in [6.45, 7) is 0.717. The zero-order valence-electron chi connectivity index (χ0n) is 12.1. The summed E-state index contributed by atoms with van der Waals surface area (Å²) in [6.07, 6.45) is 4.91. The first-order valence-electron chi connectivity index (χ1n) is 7.50. The third-order valence-electron chi connectivity index (χ3n) is 4.93. The molecule has 0 aromatic heterocycles. The van der Waals surface area contributed by atoms with Gasteiger partial charge in [0, 0.05) is 24.2 Å². The minimum Gasteiger partial charge on any atom is -0.352 e. The molecule has 0 spiro atoms. The predicted molar refractivity (Wildman–Crippen MR) is 83.7 cm³/mol. The molecule has 0 aliphatic carbocycles. The van der Waals surface area contributed by atoms with Crippen LogP contribution in [0.5, 0.6) is 0 Å². The van der Waals surface area contributed by atoms with E-state index in [2.05, 4.69) is 33.2 Å². The minimum absolute atomic E-state index is 0.123. The maximum Gasteiger partial charge on any atom is 0.251 e. The zero-order chi connectivity index (χ0) is 15.0. The second-order valence-electron chi connectivity index (χ2n) is 6.23. The molecule has 114 valence electrons. The molecule has 5 heteroatoms. The van der Waals surface area contributed by atoms with Crippen molar-refractivity contribution in [3.8, 4) is 0 Å². The van der Waals surface area contributed by atoms with Crippen LogP contribution in [0.15, 0.2) is 22.7 Å². The summed E-state index contributed by atoms with van der Waals surface area (Å²) in [5, 5.41) is 3.00. The molecule has 2 bridgehead atoms. The molecule has 0 saturated carbocycles. The highest BCUT2D eigenvalue weighted by Crippen LogP contribution is 2.37. The molecule has 2 fully saturated rings. The summed E-state index contributed by atoms with van der Waals surface area (Å²) in [4.78, 5) is 14.6. The van der Waals surface area contributed by atoms with Crippen molar-refractivity contribution in [2.24, 2.45) is 5.92 Å². The summed E-state index contributed by atoms with van der Waals surface area (Å²) in [5.74, 6) is 0.0898. The first-order chi connectivity index (χ1) is 10.0. The van der Waals surface area contributed by atoms with Crippen LogP contribution in [-0.2, 0) is 0 Å². The van der Waals surface area contributed by atoms with Crippen LogP contribution >= 0.6 is 15.9 Å². The number of halogens is 2. The Morgan fingerprint density at radius 1 is 1.38 bits per heavy atom. The van der Waals surface area contributed by atoms with Crippen molar-refractivity contribution in [2.45, 2.75) is 37.8 Å². The monoisotopic (exact) mass is 354 g/mol. The number of nitrogens with one attached hydrogen (secondary N) is 1. The van der Waals surface area contributed by atoms with Crippen LogP contribution in [0.2, 0.25) is 0 Å². The molecule has 1 aromatic rings. The number of carbonyl (C=O) groups is 1. The molecule has 0 radical (unpaired) electrons. The van der Waals surface area contributed by atoms with E-state index < -0.39 is 0 Å². The quantitative estimate of drug-likeness (QED) is 0.903. The van der Waals surface area contributed by atoms with E-state index in [1.54, 1.807) is 0 Å². The van der Waals surface area contributed by atoms with Gasteiger partial charge in [0.1, 0.15) is 5.82 Å². The van der Waals surface area contributed by atoms with Gasteiger partial charge >= 0.3 is 0 Å². The Labute approximate surface area is 133 Å². The first kappa shape index (κ1) is 15.0. The Hall–Kier alpha value is -0.940. The number of nitrogens with zero attached hydrogens (tertiary/aromatic N) is 1. The van der Waals surface area contributed by atoms with E-state index >= 15 is 0 Å². The number of piperidine rings is 1. The van der Waals surface area contributed by atoms with Crippen LogP contribution < -0.4 is 5.32 Å². The van der Waals surface area contributed by atoms with E-state index in [0.29, 0.717) is 34.6 Å². The Kier molecular flexibility index (Phi) is 4.31. The summed E-state index contributed by atoms with van der Waals surface area (Å²) >= 11 is 3.11. The van der Waals surface area contributed by atoms with E-state index in [1.165, 1.54) is 43.9 Å². The van der Waals surface area contributed by atoms with Crippen LogP contribution in [0.1, 0.15) is 36.0 Å². The van der Waals surface area contributed by atoms with Gasteiger partial charge in [0.05, 0.1) is 4.47 Å². The molecule has 2 aliphatic rings. The Bertz CT molecular complexity index is 537. The van der Waals surface area contributed by atoms with Crippen LogP contribution in [0.3, 0.4) is 0 Å². The fourth-order valence-corrected chi connectivity index (χ4v) is 4.05. The highest BCUT2D eigenvalue weighted by atomic mass is 79.9. The lowest BCUT2D eigenvalue weighted by Crippen LogP contribution is -2.43. The molecule has 1 aromatic carbocycles. The normalized spacial score (nSPS) is 28.6. The number of rotatable bonds is 3. The van der Waals surface area contributed by atoms with Crippen molar-refractivity contribution < 1.29 is 9.18 Å². The van der Waals surface area contributed by atoms with Gasteiger partial charge in [0.15, 0.2) is 0 Å². The highest BCUT2D eigenvalue weighted by Gasteiger charge is 2.38. The maximum atomic E-state index is 13.2. The Morgan fingerprint density at radius 3 is 2.67 bits per heavy atom. The standard InChI is InChI=1S/C16H20BrFN2O/c1-20-12-3-4-13(20)7-10(6-12)9-19-16(21)11-2-5-15(18)14(17)8-11/h2,5,8,10,12-13H,3-4,6-7,9H2,1H3,(H,19,21). The van der Waals surface area contributed by atoms with Gasteiger partial charge in [-0.05, 0) is 72.8 Å². The van der Waals surface area contributed by atoms with Crippen molar-refractivity contribution in [3.05, 3.63) is 34.1 Å². The molecule has 1 amide bonds. The van der Waals surface area contributed by atoms with E-state index in [4.69, 9.17) is 0 Å². The molecule has 2 unspecified atom stereocenters. The van der Waals surface area contributed by atoms with E-state index in [-0.39, 0.29) is 11.7 Å². The van der Waals surface area contributed by atoms with Gasteiger partial charge in [-0.3, -0.25) is 4.79 Å². The van der Waals surface area contributed by atoms with Crippen LogP contribution in [0.4, 0.5) is 4.39 Å². The molecule has 3 rings (SSSR count). The number of carbonyl (C=O) groups excluding carboxylic acids is 1. The molecule has 2 atom stereocenters. The van der Waals surface area contributed by atoms with Crippen LogP contribution in [0, 0.1) is 11.7 Å². The summed E-state index contributed by atoms with van der Waals surface area (Å²) < 4.78 is 13.5. The fourth-order valence-electron chi connectivity index (χ4n) is 3.67. The molecule has 2 saturated heterocycles. The van der Waals surface area contributed by atoms with Gasteiger partial charge in [-0.25, -0.2) is 4.39 Å². The van der Waals surface area contributed by atoms with Crippen molar-refractivity contribution in [1.82, 2.24) is 10.2 Å². The third kappa shape index (κ3) is 3.14. The smallest absolute Gasteiger partial charge is 0.251 e. The largest absolute Gasteiger partial charge is 0.352 e. The average Bonchev–Trinajstić information content (AvgIpc) is 2.69. The number of amides is 1. The van der Waals surface area contributed by atoms with Crippen LogP contribution in [-0.4, -0.2) is 36.5 Å². The van der Waals surface area contributed by atoms with Gasteiger partial charge in [-0.15, -0.1) is 0 Å². The van der Waals surface area contributed by atoms with E-state index in [1.807, 2.05) is 0 Å². The number of hydrogen-bond donors (Lipinski definition) is 1. The van der Waals surface area contributed by atoms with Crippen molar-refractivity contribution in [3.63, 3.8) is 0 Å². The molecule has 2 aliphatic heterocycles. The number of benzene rings is 1. The third-order valence-corrected chi connectivity index (χ3v) is 5.54. The first-order valence-corrected chi connectivity index (χ1v) is 8.29. The Morgan fingerprint density at radius 2 is 2.05 bits per heavy atom. The lowest BCUT2D eigenvalue weighted by atomic mass is 9.91. The topological polar surface area (TPSA) is 32.3 Å². The van der Waals surface area contributed by atoms with E-state index in [9.17, 15) is 9.18 Å². The van der Waals surface area contributed by atoms with Gasteiger partial charge in [0.25, 0.3) is 5.91 Å². The predicted octanol–water partition coefficient (Wildman–Crippen LogP) is 3.19. The van der Waals surface area contributed by atoms with Gasteiger partial charge in [0.2, 0.25) is 0 Å². The zero-order valence-corrected chi connectivity index (χ0v) is 13.7. The van der Waals surface area contributed by atoms with Gasteiger partial charge in [-0.1, -0.05) is 0 Å². The number of hydrogen-bond acceptors (Lipinski definition) is 2. The second-order valence-corrected chi connectivity index (χ2v) is 7.08. The van der Waals surface area contributed by atoms with Crippen molar-refractivity contribution in [1.29, 1.82) is 0 Å². The maximum absolute atomic E-state index is 13.2. The van der Waals surface area contributed by atoms with Gasteiger partial charge < -0.3 is 10.2 Å². The highest BCUT2D eigenvalue weighted by molar-refractivity contribution is 9.10. The Balaban J connectivity index is 1.55. The minimum atomic E-state index is -0.349. The second kappa shape index (κ2) is 6.05. The molecule has 2 heterocycles. The van der Waals surface area contributed by atoms with E-state index in [0.717, 1.165) is 0 Å². The summed E-state index contributed by atoms with van der Waals surface area (Å²) in [7, 11) is 2.22. The van der Waals surface area contributed by atoms with Crippen molar-refractivity contribution >= 4 is 21.8 Å². The molecule has 1 N–H and O–H groups in total. The molecular formula is C16H20BrFN2O. The van der Waals surface area contributed by atoms with Crippen molar-refractivity contribution in [2.75, 3.05) is 13.6 Å². The lowest BCUT2D eigenvalue weighted by Gasteiger charge is -2.36. The molecular weight excluding hydrogens is 335 g/mol.